The summed E-state index contributed by atoms with van der Waals surface area (Å²) in [6.45, 7) is 9.17. The Bertz CT molecular complexity index is 315. The van der Waals surface area contributed by atoms with Gasteiger partial charge in [-0.3, -0.25) is 0 Å². The highest BCUT2D eigenvalue weighted by molar-refractivity contribution is 5.09. The van der Waals surface area contributed by atoms with Crippen molar-refractivity contribution in [1.29, 1.82) is 0 Å². The molecule has 0 atom stereocenters. The summed E-state index contributed by atoms with van der Waals surface area (Å²) < 4.78 is 5.44. The maximum atomic E-state index is 5.44. The van der Waals surface area contributed by atoms with Crippen LogP contribution in [0.2, 0.25) is 0 Å². The molecule has 1 aromatic rings. The quantitative estimate of drug-likeness (QED) is 0.716. The molecule has 1 N–H and O–H groups in total. The Morgan fingerprint density at radius 1 is 1.31 bits per heavy atom. The largest absolute Gasteiger partial charge is 0.373 e. The van der Waals surface area contributed by atoms with Crippen LogP contribution in [-0.2, 0) is 17.9 Å². The first-order valence-electron chi connectivity index (χ1n) is 5.88. The fourth-order valence-electron chi connectivity index (χ4n) is 1.42. The number of nitrogens with one attached hydrogen (secondary N) is 1. The summed E-state index contributed by atoms with van der Waals surface area (Å²) in [6, 6.07) is 2.01. The van der Waals surface area contributed by atoms with Crippen molar-refractivity contribution in [3.05, 3.63) is 23.3 Å². The Morgan fingerprint density at radius 3 is 2.81 bits per heavy atom. The molecule has 16 heavy (non-hydrogen) atoms. The Hall–Kier alpha value is -1.00. The van der Waals surface area contributed by atoms with Crippen molar-refractivity contribution in [2.75, 3.05) is 13.2 Å². The maximum absolute atomic E-state index is 5.44. The van der Waals surface area contributed by atoms with Gasteiger partial charge in [0.25, 0.3) is 0 Å². The van der Waals surface area contributed by atoms with Crippen LogP contribution in [0, 0.1) is 6.92 Å². The molecule has 0 aliphatic rings. The predicted molar refractivity (Wildman–Crippen MR) is 64.1 cm³/mol. The normalized spacial score (nSPS) is 10.7. The van der Waals surface area contributed by atoms with Gasteiger partial charge in [-0.15, -0.1) is 0 Å². The summed E-state index contributed by atoms with van der Waals surface area (Å²) in [5.74, 6) is 0.779. The molecule has 0 fully saturated rings. The second kappa shape index (κ2) is 7.30. The van der Waals surface area contributed by atoms with Crippen LogP contribution in [0.4, 0.5) is 0 Å². The van der Waals surface area contributed by atoms with Gasteiger partial charge in [0.1, 0.15) is 6.61 Å². The molecule has 0 unspecified atom stereocenters. The molecular weight excluding hydrogens is 202 g/mol. The lowest BCUT2D eigenvalue weighted by Gasteiger charge is -2.06. The van der Waals surface area contributed by atoms with Gasteiger partial charge in [0, 0.05) is 18.8 Å². The lowest BCUT2D eigenvalue weighted by Crippen LogP contribution is -2.14. The number of aromatic nitrogens is 2. The lowest BCUT2D eigenvalue weighted by atomic mass is 10.3. The zero-order valence-corrected chi connectivity index (χ0v) is 10.4. The van der Waals surface area contributed by atoms with Gasteiger partial charge in [0.05, 0.1) is 5.69 Å². The summed E-state index contributed by atoms with van der Waals surface area (Å²) in [7, 11) is 0. The van der Waals surface area contributed by atoms with E-state index in [4.69, 9.17) is 4.74 Å². The van der Waals surface area contributed by atoms with Gasteiger partial charge in [0.2, 0.25) is 0 Å². The summed E-state index contributed by atoms with van der Waals surface area (Å²) in [5.41, 5.74) is 2.03. The predicted octanol–water partition coefficient (Wildman–Crippen LogP) is 1.82. The fraction of sp³-hybridized carbons (Fsp3) is 0.667. The molecule has 0 aliphatic heterocycles. The summed E-state index contributed by atoms with van der Waals surface area (Å²) >= 11 is 0. The van der Waals surface area contributed by atoms with Gasteiger partial charge in [-0.2, -0.15) is 0 Å². The van der Waals surface area contributed by atoms with E-state index in [1.165, 1.54) is 0 Å². The SMILES string of the molecule is CCCOCc1nc(C)cc(CNCC)n1. The van der Waals surface area contributed by atoms with E-state index in [1.807, 2.05) is 13.0 Å². The van der Waals surface area contributed by atoms with Crippen LogP contribution in [0.15, 0.2) is 6.07 Å². The van der Waals surface area contributed by atoms with E-state index >= 15 is 0 Å². The van der Waals surface area contributed by atoms with Crippen molar-refractivity contribution in [2.24, 2.45) is 0 Å². The topological polar surface area (TPSA) is 47.0 Å². The summed E-state index contributed by atoms with van der Waals surface area (Å²) in [4.78, 5) is 8.79. The van der Waals surface area contributed by atoms with E-state index in [0.717, 1.165) is 43.3 Å². The third-order valence-corrected chi connectivity index (χ3v) is 2.09. The minimum Gasteiger partial charge on any atom is -0.373 e. The van der Waals surface area contributed by atoms with Crippen molar-refractivity contribution in [3.8, 4) is 0 Å². The van der Waals surface area contributed by atoms with Gasteiger partial charge in [-0.1, -0.05) is 13.8 Å². The zero-order chi connectivity index (χ0) is 11.8. The van der Waals surface area contributed by atoms with E-state index in [0.29, 0.717) is 6.61 Å². The third kappa shape index (κ3) is 4.68. The molecule has 90 valence electrons. The van der Waals surface area contributed by atoms with Gasteiger partial charge in [0.15, 0.2) is 5.82 Å². The minimum atomic E-state index is 0.509. The van der Waals surface area contributed by atoms with Gasteiger partial charge in [-0.25, -0.2) is 9.97 Å². The molecule has 0 saturated heterocycles. The highest BCUT2D eigenvalue weighted by Gasteiger charge is 2.02. The highest BCUT2D eigenvalue weighted by atomic mass is 16.5. The van der Waals surface area contributed by atoms with Crippen LogP contribution in [0.1, 0.15) is 37.5 Å². The molecule has 0 saturated carbocycles. The zero-order valence-electron chi connectivity index (χ0n) is 10.4. The first kappa shape index (κ1) is 13.1. The van der Waals surface area contributed by atoms with Crippen LogP contribution in [0.5, 0.6) is 0 Å². The maximum Gasteiger partial charge on any atom is 0.154 e. The lowest BCUT2D eigenvalue weighted by molar-refractivity contribution is 0.115. The van der Waals surface area contributed by atoms with Crippen LogP contribution in [0.25, 0.3) is 0 Å². The van der Waals surface area contributed by atoms with Gasteiger partial charge >= 0.3 is 0 Å². The molecule has 0 aliphatic carbocycles. The first-order valence-corrected chi connectivity index (χ1v) is 5.88. The summed E-state index contributed by atoms with van der Waals surface area (Å²) in [5, 5.41) is 3.26. The van der Waals surface area contributed by atoms with Crippen molar-refractivity contribution < 1.29 is 4.74 Å². The number of rotatable bonds is 7. The molecule has 0 amide bonds. The standard InChI is InChI=1S/C12H21N3O/c1-4-6-16-9-12-14-10(3)7-11(15-12)8-13-5-2/h7,13H,4-6,8-9H2,1-3H3. The number of hydrogen-bond acceptors (Lipinski definition) is 4. The molecule has 1 rings (SSSR count). The van der Waals surface area contributed by atoms with Crippen LogP contribution < -0.4 is 5.32 Å². The molecule has 0 aromatic carbocycles. The van der Waals surface area contributed by atoms with Crippen molar-refractivity contribution in [1.82, 2.24) is 15.3 Å². The van der Waals surface area contributed by atoms with Gasteiger partial charge in [-0.05, 0) is 26.0 Å². The van der Waals surface area contributed by atoms with Crippen LogP contribution >= 0.6 is 0 Å². The fourth-order valence-corrected chi connectivity index (χ4v) is 1.42. The van der Waals surface area contributed by atoms with Crippen LogP contribution in [0.3, 0.4) is 0 Å². The molecule has 0 radical (unpaired) electrons. The van der Waals surface area contributed by atoms with Crippen molar-refractivity contribution in [3.63, 3.8) is 0 Å². The second-order valence-corrected chi connectivity index (χ2v) is 3.75. The molecule has 4 heteroatoms. The molecular formula is C12H21N3O. The van der Waals surface area contributed by atoms with E-state index in [2.05, 4.69) is 29.1 Å². The minimum absolute atomic E-state index is 0.509. The molecule has 0 bridgehead atoms. The number of hydrogen-bond donors (Lipinski definition) is 1. The smallest absolute Gasteiger partial charge is 0.154 e. The number of ether oxygens (including phenoxy) is 1. The van der Waals surface area contributed by atoms with E-state index < -0.39 is 0 Å². The van der Waals surface area contributed by atoms with E-state index in [-0.39, 0.29) is 0 Å². The van der Waals surface area contributed by atoms with Crippen molar-refractivity contribution in [2.45, 2.75) is 40.3 Å². The average Bonchev–Trinajstić information content (AvgIpc) is 2.26. The van der Waals surface area contributed by atoms with Gasteiger partial charge < -0.3 is 10.1 Å². The Labute approximate surface area is 97.5 Å². The monoisotopic (exact) mass is 223 g/mol. The molecule has 1 heterocycles. The number of nitrogens with zero attached hydrogens (tertiary/aromatic N) is 2. The van der Waals surface area contributed by atoms with Crippen LogP contribution in [-0.4, -0.2) is 23.1 Å². The Morgan fingerprint density at radius 2 is 2.12 bits per heavy atom. The van der Waals surface area contributed by atoms with E-state index in [9.17, 15) is 0 Å². The molecule has 4 nitrogen and oxygen atoms in total. The average molecular weight is 223 g/mol. The number of aryl methyl sites for hydroxylation is 1. The third-order valence-electron chi connectivity index (χ3n) is 2.09. The molecule has 0 spiro atoms. The molecule has 1 aromatic heterocycles. The first-order chi connectivity index (χ1) is 7.76. The van der Waals surface area contributed by atoms with Crippen molar-refractivity contribution >= 4 is 0 Å². The summed E-state index contributed by atoms with van der Waals surface area (Å²) in [6.07, 6.45) is 1.02. The van der Waals surface area contributed by atoms with E-state index in [1.54, 1.807) is 0 Å². The highest BCUT2D eigenvalue weighted by Crippen LogP contribution is 2.02. The Kier molecular flexibility index (Phi) is 5.96. The second-order valence-electron chi connectivity index (χ2n) is 3.75. The Balaban J connectivity index is 2.58.